The number of benzene rings is 2. The van der Waals surface area contributed by atoms with Crippen LogP contribution in [0.5, 0.6) is 11.5 Å². The molecule has 0 aliphatic carbocycles. The first-order valence-corrected chi connectivity index (χ1v) is 20.8. The maximum absolute atomic E-state index is 12.1. The molecule has 0 radical (unpaired) electrons. The van der Waals surface area contributed by atoms with Gasteiger partial charge in [0.1, 0.15) is 35.6 Å². The molecule has 1 heterocycles. The minimum absolute atomic E-state index is 0.217. The third-order valence-electron chi connectivity index (χ3n) is 8.18. The lowest BCUT2D eigenvalue weighted by molar-refractivity contribution is -0.103. The third kappa shape index (κ3) is 21.6. The summed E-state index contributed by atoms with van der Waals surface area (Å²) in [5.41, 5.74) is 37.2. The Labute approximate surface area is 393 Å². The van der Waals surface area contributed by atoms with Crippen molar-refractivity contribution in [2.75, 3.05) is 77.9 Å². The van der Waals surface area contributed by atoms with Gasteiger partial charge in [-0.25, -0.2) is 4.98 Å². The first kappa shape index (κ1) is 59.1. The van der Waals surface area contributed by atoms with Crippen LogP contribution in [0.4, 0.5) is 17.3 Å². The molecule has 0 bridgehead atoms. The fraction of sp³-hybridized carbons (Fsp3) is 0.326. The minimum Gasteiger partial charge on any atom is -0.494 e. The number of rotatable bonds is 24. The molecule has 364 valence electrons. The summed E-state index contributed by atoms with van der Waals surface area (Å²) in [4.78, 5) is 66.6. The van der Waals surface area contributed by atoms with E-state index in [1.807, 2.05) is 48.6 Å². The van der Waals surface area contributed by atoms with E-state index in [0.29, 0.717) is 126 Å². The SMILES string of the molecule is C=Nc1cc(C=O)cc(OC)c1N(C/C=C/Cn1c(NC)nc2cc(C(N)=O)cc(OC/C=C/CN=C/C(N)=C\N)c21)CNC.CCN=C(C=O)/C=C(/C)N.CCN=C(C=O)/C=C(/C)N.CN. The molecule has 1 amide bonds. The number of aldehydes is 3. The smallest absolute Gasteiger partial charge is 0.248 e. The van der Waals surface area contributed by atoms with Gasteiger partial charge in [-0.1, -0.05) is 18.2 Å². The fourth-order valence-corrected chi connectivity index (χ4v) is 5.54. The Bertz CT molecular complexity index is 2260. The number of imidazole rings is 1. The minimum atomic E-state index is -0.591. The number of nitrogens with one attached hydrogen (secondary N) is 2. The number of carbonyl (C=O) groups excluding carboxylic acids is 4. The summed E-state index contributed by atoms with van der Waals surface area (Å²) in [7, 11) is 6.64. The molecule has 67 heavy (non-hydrogen) atoms. The van der Waals surface area contributed by atoms with Gasteiger partial charge >= 0.3 is 0 Å². The predicted molar refractivity (Wildman–Crippen MR) is 274 cm³/mol. The van der Waals surface area contributed by atoms with Crippen molar-refractivity contribution >= 4 is 77.5 Å². The largest absolute Gasteiger partial charge is 0.494 e. The maximum Gasteiger partial charge on any atom is 0.248 e. The van der Waals surface area contributed by atoms with Crippen LogP contribution in [-0.2, 0) is 16.1 Å². The second kappa shape index (κ2) is 34.5. The zero-order valence-corrected chi connectivity index (χ0v) is 39.9. The van der Waals surface area contributed by atoms with Crippen molar-refractivity contribution in [1.82, 2.24) is 14.9 Å². The van der Waals surface area contributed by atoms with Gasteiger partial charge in [0.05, 0.1) is 48.6 Å². The van der Waals surface area contributed by atoms with Crippen LogP contribution < -0.4 is 59.4 Å². The number of carbonyl (C=O) groups is 4. The highest BCUT2D eigenvalue weighted by atomic mass is 16.5. The van der Waals surface area contributed by atoms with E-state index in [-0.39, 0.29) is 12.2 Å². The number of methoxy groups -OCH3 is 1. The Morgan fingerprint density at radius 3 is 2.00 bits per heavy atom. The number of aliphatic imine (C=N–C) groups is 4. The van der Waals surface area contributed by atoms with Gasteiger partial charge in [-0.3, -0.25) is 39.1 Å². The van der Waals surface area contributed by atoms with Crippen molar-refractivity contribution < 1.29 is 28.7 Å². The lowest BCUT2D eigenvalue weighted by Gasteiger charge is -2.26. The van der Waals surface area contributed by atoms with E-state index in [9.17, 15) is 19.2 Å². The van der Waals surface area contributed by atoms with E-state index >= 15 is 0 Å². The van der Waals surface area contributed by atoms with Crippen molar-refractivity contribution in [3.63, 3.8) is 0 Å². The van der Waals surface area contributed by atoms with Gasteiger partial charge in [-0.15, -0.1) is 0 Å². The Balaban J connectivity index is 0.00000163. The van der Waals surface area contributed by atoms with Gasteiger partial charge in [0.25, 0.3) is 0 Å². The van der Waals surface area contributed by atoms with Crippen LogP contribution in [-0.4, -0.2) is 126 Å². The number of fused-ring (bicyclic) bond motifs is 1. The van der Waals surface area contributed by atoms with Gasteiger partial charge in [-0.05, 0) is 91.0 Å². The number of amides is 1. The van der Waals surface area contributed by atoms with Crippen molar-refractivity contribution in [2.45, 2.75) is 34.2 Å². The summed E-state index contributed by atoms with van der Waals surface area (Å²) in [6.07, 6.45) is 15.6. The Hall–Kier alpha value is -7.91. The molecular formula is C46H69N15O6. The van der Waals surface area contributed by atoms with Crippen LogP contribution in [0.1, 0.15) is 48.4 Å². The second-order valence-corrected chi connectivity index (χ2v) is 13.3. The molecule has 2 aromatic carbocycles. The molecule has 0 aliphatic heterocycles. The topological polar surface area (TPSA) is 337 Å². The highest BCUT2D eigenvalue weighted by Crippen LogP contribution is 2.39. The Kier molecular flexibility index (Phi) is 30.4. The number of anilines is 2. The van der Waals surface area contributed by atoms with Crippen LogP contribution in [0.3, 0.4) is 0 Å². The molecule has 3 rings (SSSR count). The average molecular weight is 928 g/mol. The molecule has 21 nitrogen and oxygen atoms in total. The average Bonchev–Trinajstić information content (AvgIpc) is 3.69. The number of ether oxygens (including phenoxy) is 2. The van der Waals surface area contributed by atoms with Gasteiger partial charge in [-0.2, -0.15) is 0 Å². The number of aromatic nitrogens is 2. The first-order valence-electron chi connectivity index (χ1n) is 20.8. The second-order valence-electron chi connectivity index (χ2n) is 13.3. The summed E-state index contributed by atoms with van der Waals surface area (Å²) in [6, 6.07) is 6.58. The molecule has 1 aromatic heterocycles. The highest BCUT2D eigenvalue weighted by molar-refractivity contribution is 6.34. The molecule has 0 aliphatic rings. The fourth-order valence-electron chi connectivity index (χ4n) is 5.54. The van der Waals surface area contributed by atoms with Gasteiger partial charge in [0.15, 0.2) is 12.6 Å². The molecule has 0 saturated heterocycles. The van der Waals surface area contributed by atoms with Gasteiger partial charge in [0, 0.05) is 68.2 Å². The van der Waals surface area contributed by atoms with Crippen LogP contribution in [0, 0.1) is 0 Å². The van der Waals surface area contributed by atoms with Crippen molar-refractivity contribution in [3.05, 3.63) is 95.1 Å². The first-order chi connectivity index (χ1) is 32.2. The number of nitrogens with two attached hydrogens (primary N) is 6. The molecule has 0 saturated carbocycles. The number of nitrogens with zero attached hydrogens (tertiary/aromatic N) is 7. The standard InChI is InChI=1S/C31H40N10O4.2C7H12N2O.CH5N/c1-35-20-40(28-24(36-2)13-21(19-42)14-26(28)44-4)10-6-7-11-41-29-25(39-31(41)37-3)15-22(30(34)43)16-27(29)45-12-8-5-9-38-18-23(33)17-32;2*1-3-9-7(5-10)4-6(2)8;1-2/h5-8,13-19,35H,2,9-12,20,32-33H2,1,3-4H3,(H2,34,43)(H,37,39);2*4-5H,3,8H2,1-2H3;2H2,1H3/b7-6+,8-5+,23-17+,38-18?;2*6-4-,9-7?;. The quantitative estimate of drug-likeness (QED) is 0.0277. The zero-order chi connectivity index (χ0) is 50.7. The monoisotopic (exact) mass is 928 g/mol. The number of allylic oxidation sites excluding steroid dienone is 6. The summed E-state index contributed by atoms with van der Waals surface area (Å²) >= 11 is 0. The molecule has 0 atom stereocenters. The van der Waals surface area contributed by atoms with Crippen LogP contribution >= 0.6 is 0 Å². The van der Waals surface area contributed by atoms with Crippen molar-refractivity contribution in [1.29, 1.82) is 0 Å². The van der Waals surface area contributed by atoms with Gasteiger partial charge in [0.2, 0.25) is 11.9 Å². The lowest BCUT2D eigenvalue weighted by Crippen LogP contribution is -2.32. The van der Waals surface area contributed by atoms with E-state index in [4.69, 9.17) is 38.1 Å². The molecular weight excluding hydrogens is 859 g/mol. The van der Waals surface area contributed by atoms with Crippen LogP contribution in [0.15, 0.2) is 104 Å². The van der Waals surface area contributed by atoms with Gasteiger partial charge < -0.3 is 64.0 Å². The Morgan fingerprint density at radius 1 is 0.896 bits per heavy atom. The maximum atomic E-state index is 12.1. The normalized spacial score (nSPS) is 12.1. The molecule has 3 aromatic rings. The number of primary amides is 1. The molecule has 14 N–H and O–H groups in total. The predicted octanol–water partition coefficient (Wildman–Crippen LogP) is 2.93. The van der Waals surface area contributed by atoms with E-state index in [2.05, 4.69) is 48.0 Å². The van der Waals surface area contributed by atoms with Crippen molar-refractivity contribution in [3.8, 4) is 11.5 Å². The molecule has 21 heteroatoms. The van der Waals surface area contributed by atoms with Crippen LogP contribution in [0.2, 0.25) is 0 Å². The third-order valence-corrected chi connectivity index (χ3v) is 8.18. The number of hydrogen-bond acceptors (Lipinski definition) is 19. The van der Waals surface area contributed by atoms with E-state index < -0.39 is 5.91 Å². The van der Waals surface area contributed by atoms with Crippen molar-refractivity contribution in [2.24, 2.45) is 54.4 Å². The Morgan fingerprint density at radius 2 is 1.52 bits per heavy atom. The molecule has 0 fully saturated rings. The zero-order valence-electron chi connectivity index (χ0n) is 39.9. The number of hydrogen-bond donors (Lipinski definition) is 8. The summed E-state index contributed by atoms with van der Waals surface area (Å²) < 4.78 is 13.6. The van der Waals surface area contributed by atoms with E-state index in [1.165, 1.54) is 19.5 Å². The molecule has 0 spiro atoms. The van der Waals surface area contributed by atoms with Crippen LogP contribution in [0.25, 0.3) is 11.0 Å². The summed E-state index contributed by atoms with van der Waals surface area (Å²) in [6.45, 7) is 14.1. The highest BCUT2D eigenvalue weighted by Gasteiger charge is 2.19. The molecule has 0 unspecified atom stereocenters. The van der Waals surface area contributed by atoms with E-state index in [0.717, 1.165) is 6.29 Å². The van der Waals surface area contributed by atoms with E-state index in [1.54, 1.807) is 70.5 Å². The lowest BCUT2D eigenvalue weighted by atomic mass is 10.1. The summed E-state index contributed by atoms with van der Waals surface area (Å²) in [5.74, 6) is 0.943. The summed E-state index contributed by atoms with van der Waals surface area (Å²) in [5, 5.41) is 6.27.